The number of nitrogens with one attached hydrogen (secondary N) is 1. The molecule has 1 atom stereocenters. The van der Waals surface area contributed by atoms with Crippen LogP contribution in [0.3, 0.4) is 0 Å². The second-order valence-corrected chi connectivity index (χ2v) is 5.54. The third-order valence-corrected chi connectivity index (χ3v) is 2.99. The molecule has 1 heterocycles. The van der Waals surface area contributed by atoms with Crippen LogP contribution in [0.2, 0.25) is 0 Å². The van der Waals surface area contributed by atoms with Gasteiger partial charge in [-0.2, -0.15) is 0 Å². The normalized spacial score (nSPS) is 14.2. The molecule has 4 nitrogen and oxygen atoms in total. The van der Waals surface area contributed by atoms with Gasteiger partial charge >= 0.3 is 0 Å². The predicted molar refractivity (Wildman–Crippen MR) is 61.9 cm³/mol. The first-order valence-corrected chi connectivity index (χ1v) is 5.87. The summed E-state index contributed by atoms with van der Waals surface area (Å²) in [6.45, 7) is 8.70. The van der Waals surface area contributed by atoms with Crippen LogP contribution in [0, 0.1) is 0 Å². The van der Waals surface area contributed by atoms with E-state index in [0.29, 0.717) is 6.61 Å². The summed E-state index contributed by atoms with van der Waals surface area (Å²) >= 11 is 1.60. The summed E-state index contributed by atoms with van der Waals surface area (Å²) in [5.74, 6) is 0. The van der Waals surface area contributed by atoms with Crippen molar-refractivity contribution in [3.05, 3.63) is 10.0 Å². The molecule has 0 saturated heterocycles. The van der Waals surface area contributed by atoms with Gasteiger partial charge in [0.2, 0.25) is 0 Å². The Balaban J connectivity index is 2.53. The van der Waals surface area contributed by atoms with Gasteiger partial charge in [-0.1, -0.05) is 11.3 Å². The molecule has 5 heteroatoms. The van der Waals surface area contributed by atoms with E-state index >= 15 is 0 Å². The first-order valence-electron chi connectivity index (χ1n) is 5.06. The number of rotatable bonds is 4. The largest absolute Gasteiger partial charge is 0.369 e. The van der Waals surface area contributed by atoms with E-state index in [4.69, 9.17) is 4.74 Å². The molecule has 15 heavy (non-hydrogen) atoms. The van der Waals surface area contributed by atoms with Crippen molar-refractivity contribution in [2.24, 2.45) is 0 Å². The Morgan fingerprint density at radius 2 is 2.07 bits per heavy atom. The Labute approximate surface area is 95.1 Å². The zero-order chi connectivity index (χ0) is 11.5. The topological polar surface area (TPSA) is 47.0 Å². The fraction of sp³-hybridized carbons (Fsp3) is 0.800. The van der Waals surface area contributed by atoms with Crippen LogP contribution >= 0.6 is 11.3 Å². The van der Waals surface area contributed by atoms with E-state index in [1.807, 2.05) is 27.8 Å². The lowest BCUT2D eigenvalue weighted by Gasteiger charge is -2.18. The van der Waals surface area contributed by atoms with Crippen LogP contribution in [0.5, 0.6) is 0 Å². The van der Waals surface area contributed by atoms with Crippen LogP contribution in [0.4, 0.5) is 0 Å². The van der Waals surface area contributed by atoms with Crippen molar-refractivity contribution in [1.29, 1.82) is 0 Å². The Morgan fingerprint density at radius 1 is 1.40 bits per heavy atom. The second-order valence-electron chi connectivity index (χ2n) is 4.45. The van der Waals surface area contributed by atoms with E-state index in [2.05, 4.69) is 22.4 Å². The molecule has 0 fully saturated rings. The summed E-state index contributed by atoms with van der Waals surface area (Å²) < 4.78 is 5.63. The highest BCUT2D eigenvalue weighted by Crippen LogP contribution is 2.19. The van der Waals surface area contributed by atoms with Gasteiger partial charge in [0.1, 0.15) is 16.6 Å². The highest BCUT2D eigenvalue weighted by molar-refractivity contribution is 7.11. The maximum Gasteiger partial charge on any atom is 0.143 e. The first-order chi connectivity index (χ1) is 6.92. The summed E-state index contributed by atoms with van der Waals surface area (Å²) in [5, 5.41) is 13.3. The van der Waals surface area contributed by atoms with Gasteiger partial charge in [0.25, 0.3) is 0 Å². The SMILES string of the molecule is CNC(C)c1nnc(COC(C)(C)C)s1. The zero-order valence-electron chi connectivity index (χ0n) is 10.00. The third-order valence-electron chi connectivity index (χ3n) is 1.91. The number of hydrogen-bond acceptors (Lipinski definition) is 5. The summed E-state index contributed by atoms with van der Waals surface area (Å²) in [6, 6.07) is 0.255. The summed E-state index contributed by atoms with van der Waals surface area (Å²) in [5.41, 5.74) is -0.125. The minimum Gasteiger partial charge on any atom is -0.369 e. The van der Waals surface area contributed by atoms with Gasteiger partial charge in [0.05, 0.1) is 11.6 Å². The molecule has 0 radical (unpaired) electrons. The highest BCUT2D eigenvalue weighted by Gasteiger charge is 2.14. The van der Waals surface area contributed by atoms with Gasteiger partial charge in [-0.05, 0) is 34.7 Å². The van der Waals surface area contributed by atoms with Crippen molar-refractivity contribution in [1.82, 2.24) is 15.5 Å². The number of aromatic nitrogens is 2. The van der Waals surface area contributed by atoms with Crippen LogP contribution in [-0.2, 0) is 11.3 Å². The second kappa shape index (κ2) is 5.01. The fourth-order valence-corrected chi connectivity index (χ4v) is 1.72. The minimum atomic E-state index is -0.125. The first kappa shape index (κ1) is 12.5. The Hall–Kier alpha value is -0.520. The molecule has 1 N–H and O–H groups in total. The van der Waals surface area contributed by atoms with E-state index in [0.717, 1.165) is 10.0 Å². The molecular formula is C10H19N3OS. The number of ether oxygens (including phenoxy) is 1. The molecule has 0 spiro atoms. The molecule has 0 aliphatic carbocycles. The quantitative estimate of drug-likeness (QED) is 0.859. The van der Waals surface area contributed by atoms with Gasteiger partial charge in [-0.25, -0.2) is 0 Å². The molecule has 0 aliphatic rings. The van der Waals surface area contributed by atoms with E-state index in [1.165, 1.54) is 0 Å². The smallest absolute Gasteiger partial charge is 0.143 e. The molecule has 0 aliphatic heterocycles. The highest BCUT2D eigenvalue weighted by atomic mass is 32.1. The van der Waals surface area contributed by atoms with Crippen molar-refractivity contribution in [2.45, 2.75) is 45.9 Å². The maximum atomic E-state index is 5.63. The van der Waals surface area contributed by atoms with Crippen molar-refractivity contribution in [3.8, 4) is 0 Å². The van der Waals surface area contributed by atoms with Crippen molar-refractivity contribution in [3.63, 3.8) is 0 Å². The van der Waals surface area contributed by atoms with Crippen molar-refractivity contribution < 1.29 is 4.74 Å². The average molecular weight is 229 g/mol. The Kier molecular flexibility index (Phi) is 4.19. The van der Waals surface area contributed by atoms with Gasteiger partial charge < -0.3 is 10.1 Å². The summed E-state index contributed by atoms with van der Waals surface area (Å²) in [4.78, 5) is 0. The maximum absolute atomic E-state index is 5.63. The molecule has 0 amide bonds. The third kappa shape index (κ3) is 4.24. The number of nitrogens with zero attached hydrogens (tertiary/aromatic N) is 2. The van der Waals surface area contributed by atoms with Crippen LogP contribution in [0.1, 0.15) is 43.8 Å². The lowest BCUT2D eigenvalue weighted by molar-refractivity contribution is -0.0152. The predicted octanol–water partition coefficient (Wildman–Crippen LogP) is 2.13. The van der Waals surface area contributed by atoms with Gasteiger partial charge in [0.15, 0.2) is 0 Å². The van der Waals surface area contributed by atoms with E-state index < -0.39 is 0 Å². The van der Waals surface area contributed by atoms with Crippen molar-refractivity contribution >= 4 is 11.3 Å². The Morgan fingerprint density at radius 3 is 2.60 bits per heavy atom. The number of hydrogen-bond donors (Lipinski definition) is 1. The molecule has 0 aromatic carbocycles. The van der Waals surface area contributed by atoms with Crippen LogP contribution < -0.4 is 5.32 Å². The van der Waals surface area contributed by atoms with Gasteiger partial charge in [-0.15, -0.1) is 10.2 Å². The zero-order valence-corrected chi connectivity index (χ0v) is 10.8. The fourth-order valence-electron chi connectivity index (χ4n) is 0.902. The molecule has 86 valence electrons. The molecular weight excluding hydrogens is 210 g/mol. The molecule has 1 rings (SSSR count). The molecule has 1 unspecified atom stereocenters. The summed E-state index contributed by atoms with van der Waals surface area (Å²) in [6.07, 6.45) is 0. The lowest BCUT2D eigenvalue weighted by Crippen LogP contribution is -2.18. The average Bonchev–Trinajstić information content (AvgIpc) is 2.61. The van der Waals surface area contributed by atoms with Gasteiger partial charge in [0, 0.05) is 0 Å². The summed E-state index contributed by atoms with van der Waals surface area (Å²) in [7, 11) is 1.91. The van der Waals surface area contributed by atoms with Crippen LogP contribution in [-0.4, -0.2) is 22.8 Å². The Bertz CT molecular complexity index is 306. The van der Waals surface area contributed by atoms with E-state index in [1.54, 1.807) is 11.3 Å². The standard InChI is InChI=1S/C10H19N3OS/c1-7(11-5)9-13-12-8(15-9)6-14-10(2,3)4/h7,11H,6H2,1-5H3. The molecule has 0 saturated carbocycles. The minimum absolute atomic E-state index is 0.125. The van der Waals surface area contributed by atoms with Crippen LogP contribution in [0.25, 0.3) is 0 Å². The molecule has 0 bridgehead atoms. The van der Waals surface area contributed by atoms with Crippen LogP contribution in [0.15, 0.2) is 0 Å². The molecule has 1 aromatic heterocycles. The van der Waals surface area contributed by atoms with E-state index in [-0.39, 0.29) is 11.6 Å². The van der Waals surface area contributed by atoms with Crippen molar-refractivity contribution in [2.75, 3.05) is 7.05 Å². The van der Waals surface area contributed by atoms with E-state index in [9.17, 15) is 0 Å². The van der Waals surface area contributed by atoms with Gasteiger partial charge in [-0.3, -0.25) is 0 Å². The lowest BCUT2D eigenvalue weighted by atomic mass is 10.2. The monoisotopic (exact) mass is 229 g/mol. The molecule has 1 aromatic rings.